The molecule has 0 saturated heterocycles. The van der Waals surface area contributed by atoms with Gasteiger partial charge in [-0.2, -0.15) is 0 Å². The van der Waals surface area contributed by atoms with Gasteiger partial charge in [-0.1, -0.05) is 26.8 Å². The second kappa shape index (κ2) is 7.00. The normalized spacial score (nSPS) is 35.4. The highest BCUT2D eigenvalue weighted by molar-refractivity contribution is 5.86. The van der Waals surface area contributed by atoms with Crippen molar-refractivity contribution in [3.05, 3.63) is 47.5 Å². The zero-order valence-electron chi connectivity index (χ0n) is 20.0. The molecule has 4 bridgehead atoms. The Labute approximate surface area is 191 Å². The predicted octanol–water partition coefficient (Wildman–Crippen LogP) is 6.80. The van der Waals surface area contributed by atoms with Crippen LogP contribution in [0.5, 0.6) is 17.2 Å². The van der Waals surface area contributed by atoms with E-state index in [2.05, 4.69) is 37.9 Å². The summed E-state index contributed by atoms with van der Waals surface area (Å²) in [6.07, 6.45) is 9.52. The molecule has 32 heavy (non-hydrogen) atoms. The van der Waals surface area contributed by atoms with Crippen LogP contribution in [-0.4, -0.2) is 25.5 Å². The molecule has 1 N–H and O–H groups in total. The number of phenolic OH excluding ortho intramolecular Hbond substituents is 1. The molecule has 0 atom stereocenters. The number of benzene rings is 2. The number of methoxy groups -OCH3 is 2. The zero-order valence-corrected chi connectivity index (χ0v) is 20.0. The number of ether oxygens (including phenoxy) is 2. The third kappa shape index (κ3) is 3.48. The molecular weight excluding hydrogens is 398 g/mol. The van der Waals surface area contributed by atoms with Gasteiger partial charge < -0.3 is 14.6 Å². The van der Waals surface area contributed by atoms with E-state index in [1.807, 2.05) is 24.3 Å². The molecule has 2 aromatic rings. The van der Waals surface area contributed by atoms with Gasteiger partial charge in [-0.05, 0) is 90.0 Å². The summed E-state index contributed by atoms with van der Waals surface area (Å²) in [5.74, 6) is 1.64. The van der Waals surface area contributed by atoms with E-state index in [9.17, 15) is 5.11 Å². The first-order valence-corrected chi connectivity index (χ1v) is 11.7. The Morgan fingerprint density at radius 3 is 2.00 bits per heavy atom. The van der Waals surface area contributed by atoms with Crippen LogP contribution in [0.3, 0.4) is 0 Å². The quantitative estimate of drug-likeness (QED) is 0.528. The maximum Gasteiger partial charge on any atom is 0.141 e. The van der Waals surface area contributed by atoms with Gasteiger partial charge in [0.2, 0.25) is 0 Å². The van der Waals surface area contributed by atoms with Crippen LogP contribution in [0.4, 0.5) is 5.69 Å². The molecule has 0 unspecified atom stereocenters. The van der Waals surface area contributed by atoms with Gasteiger partial charge in [0.05, 0.1) is 14.2 Å². The summed E-state index contributed by atoms with van der Waals surface area (Å²) in [7, 11) is 3.27. The number of hydrogen-bond donors (Lipinski definition) is 1. The maximum absolute atomic E-state index is 10.6. The van der Waals surface area contributed by atoms with Gasteiger partial charge in [0, 0.05) is 17.8 Å². The molecule has 2 aromatic carbocycles. The molecule has 6 rings (SSSR count). The molecule has 170 valence electrons. The van der Waals surface area contributed by atoms with Gasteiger partial charge in [-0.15, -0.1) is 0 Å². The van der Waals surface area contributed by atoms with E-state index in [4.69, 9.17) is 9.47 Å². The summed E-state index contributed by atoms with van der Waals surface area (Å²) in [6, 6.07) is 11.8. The molecule has 4 aliphatic carbocycles. The SMILES string of the molecule is COc1ccc(C=Nc2cc(C34CC5(C)CC(C)(CC(C)(C5)C3)C4)ccc2O)c(OC)c1. The summed E-state index contributed by atoms with van der Waals surface area (Å²) in [5.41, 5.74) is 4.23. The zero-order chi connectivity index (χ0) is 22.8. The lowest BCUT2D eigenvalue weighted by Gasteiger charge is -2.69. The third-order valence-electron chi connectivity index (χ3n) is 8.23. The fraction of sp³-hybridized carbons (Fsp3) is 0.536. The Kier molecular flexibility index (Phi) is 4.67. The van der Waals surface area contributed by atoms with Crippen LogP contribution in [0, 0.1) is 16.2 Å². The molecule has 0 spiro atoms. The Morgan fingerprint density at radius 1 is 0.812 bits per heavy atom. The summed E-state index contributed by atoms with van der Waals surface area (Å²) in [6.45, 7) is 7.52. The molecule has 0 radical (unpaired) electrons. The van der Waals surface area contributed by atoms with E-state index in [-0.39, 0.29) is 11.2 Å². The lowest BCUT2D eigenvalue weighted by molar-refractivity contribution is -0.152. The molecule has 0 aromatic heterocycles. The molecular formula is C28H35NO3. The van der Waals surface area contributed by atoms with Gasteiger partial charge in [0.1, 0.15) is 22.9 Å². The minimum absolute atomic E-state index is 0.183. The first kappa shape index (κ1) is 21.4. The lowest BCUT2D eigenvalue weighted by atomic mass is 9.35. The minimum Gasteiger partial charge on any atom is -0.506 e. The first-order valence-electron chi connectivity index (χ1n) is 11.7. The highest BCUT2D eigenvalue weighted by Gasteiger charge is 2.64. The number of aliphatic imine (C=N–C) groups is 1. The Balaban J connectivity index is 1.51. The van der Waals surface area contributed by atoms with Crippen molar-refractivity contribution in [3.8, 4) is 17.2 Å². The molecule has 4 fully saturated rings. The molecule has 4 nitrogen and oxygen atoms in total. The second-order valence-corrected chi connectivity index (χ2v) is 11.8. The van der Waals surface area contributed by atoms with Gasteiger partial charge in [-0.3, -0.25) is 4.99 Å². The van der Waals surface area contributed by atoms with E-state index < -0.39 is 0 Å². The summed E-state index contributed by atoms with van der Waals surface area (Å²) < 4.78 is 10.8. The third-order valence-corrected chi connectivity index (χ3v) is 8.23. The summed E-state index contributed by atoms with van der Waals surface area (Å²) in [5, 5.41) is 10.6. The fourth-order valence-electron chi connectivity index (χ4n) is 8.62. The highest BCUT2D eigenvalue weighted by Crippen LogP contribution is 2.73. The van der Waals surface area contributed by atoms with E-state index in [0.29, 0.717) is 27.7 Å². The van der Waals surface area contributed by atoms with Crippen molar-refractivity contribution in [1.82, 2.24) is 0 Å². The van der Waals surface area contributed by atoms with Crippen molar-refractivity contribution in [2.24, 2.45) is 21.2 Å². The van der Waals surface area contributed by atoms with E-state index in [1.165, 1.54) is 44.1 Å². The summed E-state index contributed by atoms with van der Waals surface area (Å²) in [4.78, 5) is 4.68. The number of aromatic hydroxyl groups is 1. The van der Waals surface area contributed by atoms with E-state index >= 15 is 0 Å². The van der Waals surface area contributed by atoms with Gasteiger partial charge in [-0.25, -0.2) is 0 Å². The van der Waals surface area contributed by atoms with Crippen LogP contribution < -0.4 is 9.47 Å². The molecule has 0 aliphatic heterocycles. The molecule has 0 heterocycles. The average molecular weight is 434 g/mol. The van der Waals surface area contributed by atoms with Crippen LogP contribution in [0.2, 0.25) is 0 Å². The van der Waals surface area contributed by atoms with E-state index in [0.717, 1.165) is 11.3 Å². The minimum atomic E-state index is 0.183. The van der Waals surface area contributed by atoms with Crippen LogP contribution >= 0.6 is 0 Å². The molecule has 4 saturated carbocycles. The van der Waals surface area contributed by atoms with Crippen molar-refractivity contribution in [3.63, 3.8) is 0 Å². The number of hydrogen-bond acceptors (Lipinski definition) is 4. The van der Waals surface area contributed by atoms with Crippen molar-refractivity contribution < 1.29 is 14.6 Å². The Bertz CT molecular complexity index is 1030. The number of phenols is 1. The maximum atomic E-state index is 10.6. The fourth-order valence-corrected chi connectivity index (χ4v) is 8.62. The molecule has 4 aliphatic rings. The van der Waals surface area contributed by atoms with Gasteiger partial charge in [0.15, 0.2) is 0 Å². The van der Waals surface area contributed by atoms with Crippen LogP contribution in [0.25, 0.3) is 0 Å². The van der Waals surface area contributed by atoms with Gasteiger partial charge in [0.25, 0.3) is 0 Å². The predicted molar refractivity (Wildman–Crippen MR) is 129 cm³/mol. The standard InChI is InChI=1S/C28H35NO3/c1-25-13-26(2)15-27(3,14-25)18-28(16-25,17-26)20-7-9-23(30)22(10-20)29-12-19-6-8-21(31-4)11-24(19)32-5/h6-12,30H,13-18H2,1-5H3. The lowest BCUT2D eigenvalue weighted by Crippen LogP contribution is -2.60. The Morgan fingerprint density at radius 2 is 1.44 bits per heavy atom. The van der Waals surface area contributed by atoms with Crippen LogP contribution in [-0.2, 0) is 5.41 Å². The van der Waals surface area contributed by atoms with Crippen molar-refractivity contribution in [2.45, 2.75) is 64.7 Å². The average Bonchev–Trinajstić information content (AvgIpc) is 2.69. The monoisotopic (exact) mass is 433 g/mol. The smallest absolute Gasteiger partial charge is 0.141 e. The summed E-state index contributed by atoms with van der Waals surface area (Å²) >= 11 is 0. The topological polar surface area (TPSA) is 51.0 Å². The van der Waals surface area contributed by atoms with Crippen molar-refractivity contribution in [2.75, 3.05) is 14.2 Å². The number of rotatable bonds is 5. The van der Waals surface area contributed by atoms with Crippen LogP contribution in [0.1, 0.15) is 70.4 Å². The molecule has 0 amide bonds. The largest absolute Gasteiger partial charge is 0.506 e. The Hall–Kier alpha value is -2.49. The molecule has 4 heteroatoms. The van der Waals surface area contributed by atoms with E-state index in [1.54, 1.807) is 20.4 Å². The van der Waals surface area contributed by atoms with Crippen LogP contribution in [0.15, 0.2) is 41.4 Å². The van der Waals surface area contributed by atoms with Crippen molar-refractivity contribution >= 4 is 11.9 Å². The highest BCUT2D eigenvalue weighted by atomic mass is 16.5. The van der Waals surface area contributed by atoms with Gasteiger partial charge >= 0.3 is 0 Å². The number of nitrogens with zero attached hydrogens (tertiary/aromatic N) is 1. The second-order valence-electron chi connectivity index (χ2n) is 11.8. The van der Waals surface area contributed by atoms with Crippen molar-refractivity contribution in [1.29, 1.82) is 0 Å². The first-order chi connectivity index (χ1) is 15.1.